The maximum absolute atomic E-state index is 9.37. The molecule has 54 valence electrons. The van der Waals surface area contributed by atoms with Crippen molar-refractivity contribution in [2.24, 2.45) is 0 Å². The zero-order valence-electron chi connectivity index (χ0n) is 6.15. The molecule has 0 aromatic heterocycles. The van der Waals surface area contributed by atoms with E-state index >= 15 is 0 Å². The molecule has 1 rings (SSSR count). The Kier molecular flexibility index (Phi) is 1.78. The highest BCUT2D eigenvalue weighted by Gasteiger charge is 2.29. The summed E-state index contributed by atoms with van der Waals surface area (Å²) in [6, 6.07) is 0. The molecule has 0 aromatic carbocycles. The minimum Gasteiger partial charge on any atom is -0.391 e. The quantitative estimate of drug-likeness (QED) is 0.499. The van der Waals surface area contributed by atoms with Crippen LogP contribution in [0.4, 0.5) is 0 Å². The highest BCUT2D eigenvalue weighted by Crippen LogP contribution is 2.17. The number of aliphatic hydroxyl groups is 1. The molecule has 0 spiro atoms. The molecule has 1 heterocycles. The van der Waals surface area contributed by atoms with Gasteiger partial charge >= 0.3 is 0 Å². The summed E-state index contributed by atoms with van der Waals surface area (Å²) in [5.41, 5.74) is -0.0573. The van der Waals surface area contributed by atoms with Crippen molar-refractivity contribution < 1.29 is 5.11 Å². The summed E-state index contributed by atoms with van der Waals surface area (Å²) in [5.74, 6) is 0. The molecule has 0 aliphatic carbocycles. The minimum absolute atomic E-state index is 0.0573. The molecule has 2 nitrogen and oxygen atoms in total. The summed E-state index contributed by atoms with van der Waals surface area (Å²) >= 11 is 0. The van der Waals surface area contributed by atoms with E-state index in [0.717, 1.165) is 19.4 Å². The van der Waals surface area contributed by atoms with E-state index in [1.54, 1.807) is 0 Å². The lowest BCUT2D eigenvalue weighted by molar-refractivity contribution is 0.0511. The predicted octanol–water partition coefficient (Wildman–Crippen LogP) is 0.509. The molecule has 0 amide bonds. The van der Waals surface area contributed by atoms with Gasteiger partial charge in [-0.25, -0.2) is 0 Å². The summed E-state index contributed by atoms with van der Waals surface area (Å²) in [7, 11) is 0. The van der Waals surface area contributed by atoms with Crippen LogP contribution in [0.2, 0.25) is 0 Å². The average molecular weight is 129 g/mol. The molecule has 1 fully saturated rings. The van der Waals surface area contributed by atoms with Crippen LogP contribution >= 0.6 is 0 Å². The van der Waals surface area contributed by atoms with Crippen molar-refractivity contribution in [2.75, 3.05) is 6.54 Å². The molecular formula is C7H15NO. The smallest absolute Gasteiger partial charge is 0.0716 e. The maximum atomic E-state index is 9.37. The summed E-state index contributed by atoms with van der Waals surface area (Å²) < 4.78 is 0. The van der Waals surface area contributed by atoms with Crippen LogP contribution in [0.1, 0.15) is 26.7 Å². The van der Waals surface area contributed by atoms with Gasteiger partial charge in [0.1, 0.15) is 0 Å². The van der Waals surface area contributed by atoms with Gasteiger partial charge in [0.05, 0.1) is 6.10 Å². The van der Waals surface area contributed by atoms with Crippen LogP contribution in [0, 0.1) is 0 Å². The summed E-state index contributed by atoms with van der Waals surface area (Å²) in [6.45, 7) is 5.12. The third-order valence-corrected chi connectivity index (χ3v) is 2.07. The molecule has 1 aliphatic heterocycles. The van der Waals surface area contributed by atoms with E-state index in [1.165, 1.54) is 0 Å². The van der Waals surface area contributed by atoms with Crippen LogP contribution in [0.5, 0.6) is 0 Å². The van der Waals surface area contributed by atoms with E-state index in [1.807, 2.05) is 13.8 Å². The third-order valence-electron chi connectivity index (χ3n) is 2.07. The number of piperidine rings is 1. The largest absolute Gasteiger partial charge is 0.391 e. The highest BCUT2D eigenvalue weighted by molar-refractivity contribution is 4.89. The Hall–Kier alpha value is -0.0800. The van der Waals surface area contributed by atoms with E-state index in [-0.39, 0.29) is 11.6 Å². The monoisotopic (exact) mass is 129 g/mol. The second-order valence-corrected chi connectivity index (χ2v) is 3.31. The third kappa shape index (κ3) is 1.43. The zero-order valence-corrected chi connectivity index (χ0v) is 6.15. The van der Waals surface area contributed by atoms with Crippen LogP contribution in [0.25, 0.3) is 0 Å². The minimum atomic E-state index is -0.161. The molecular weight excluding hydrogens is 114 g/mol. The first-order chi connectivity index (χ1) is 4.13. The maximum Gasteiger partial charge on any atom is 0.0716 e. The average Bonchev–Trinajstić information content (AvgIpc) is 1.77. The van der Waals surface area contributed by atoms with Crippen LogP contribution in [0.3, 0.4) is 0 Å². The highest BCUT2D eigenvalue weighted by atomic mass is 16.3. The number of hydrogen-bond donors (Lipinski definition) is 2. The first-order valence-electron chi connectivity index (χ1n) is 3.56. The molecule has 1 atom stereocenters. The molecule has 9 heavy (non-hydrogen) atoms. The molecule has 2 heteroatoms. The molecule has 1 saturated heterocycles. The van der Waals surface area contributed by atoms with Gasteiger partial charge in [0.25, 0.3) is 0 Å². The Morgan fingerprint density at radius 3 is 2.56 bits per heavy atom. The summed E-state index contributed by atoms with van der Waals surface area (Å²) in [5, 5.41) is 12.6. The molecule has 0 radical (unpaired) electrons. The lowest BCUT2D eigenvalue weighted by Gasteiger charge is -2.36. The Morgan fingerprint density at radius 2 is 2.22 bits per heavy atom. The molecule has 0 aromatic rings. The van der Waals surface area contributed by atoms with Gasteiger partial charge in [-0.15, -0.1) is 0 Å². The normalized spacial score (nSPS) is 34.3. The molecule has 0 bridgehead atoms. The predicted molar refractivity (Wildman–Crippen MR) is 37.3 cm³/mol. The van der Waals surface area contributed by atoms with Crippen LogP contribution in [0.15, 0.2) is 0 Å². The Morgan fingerprint density at radius 1 is 1.56 bits per heavy atom. The standard InChI is InChI=1S/C7H15NO/c1-7(2)6(9)4-3-5-8-7/h6,8-9H,3-5H2,1-2H3. The van der Waals surface area contributed by atoms with E-state index < -0.39 is 0 Å². The zero-order chi connectivity index (χ0) is 6.91. The van der Waals surface area contributed by atoms with Crippen molar-refractivity contribution >= 4 is 0 Å². The molecule has 2 N–H and O–H groups in total. The fraction of sp³-hybridized carbons (Fsp3) is 1.00. The lowest BCUT2D eigenvalue weighted by Crippen LogP contribution is -2.53. The van der Waals surface area contributed by atoms with Gasteiger partial charge in [-0.3, -0.25) is 0 Å². The fourth-order valence-electron chi connectivity index (χ4n) is 1.18. The number of rotatable bonds is 0. The second kappa shape index (κ2) is 2.27. The topological polar surface area (TPSA) is 32.3 Å². The first-order valence-corrected chi connectivity index (χ1v) is 3.56. The number of hydrogen-bond acceptors (Lipinski definition) is 2. The van der Waals surface area contributed by atoms with Crippen LogP contribution in [-0.2, 0) is 0 Å². The van der Waals surface area contributed by atoms with Gasteiger partial charge in [-0.1, -0.05) is 0 Å². The summed E-state index contributed by atoms with van der Waals surface area (Å²) in [4.78, 5) is 0. The molecule has 1 unspecified atom stereocenters. The van der Waals surface area contributed by atoms with Crippen molar-refractivity contribution in [2.45, 2.75) is 38.3 Å². The van der Waals surface area contributed by atoms with Gasteiger partial charge in [-0.05, 0) is 33.2 Å². The Labute approximate surface area is 56.3 Å². The van der Waals surface area contributed by atoms with Crippen LogP contribution < -0.4 is 5.32 Å². The second-order valence-electron chi connectivity index (χ2n) is 3.31. The number of nitrogens with one attached hydrogen (secondary N) is 1. The van der Waals surface area contributed by atoms with E-state index in [4.69, 9.17) is 0 Å². The van der Waals surface area contributed by atoms with Gasteiger partial charge in [0.15, 0.2) is 0 Å². The SMILES string of the molecule is CC1(C)NCCCC1O. The molecule has 1 aliphatic rings. The number of aliphatic hydroxyl groups excluding tert-OH is 1. The lowest BCUT2D eigenvalue weighted by atomic mass is 9.90. The van der Waals surface area contributed by atoms with Gasteiger partial charge in [0.2, 0.25) is 0 Å². The first kappa shape index (κ1) is 7.03. The van der Waals surface area contributed by atoms with Gasteiger partial charge < -0.3 is 10.4 Å². The van der Waals surface area contributed by atoms with Gasteiger partial charge in [-0.2, -0.15) is 0 Å². The van der Waals surface area contributed by atoms with Crippen LogP contribution in [-0.4, -0.2) is 23.3 Å². The van der Waals surface area contributed by atoms with Crippen molar-refractivity contribution in [1.29, 1.82) is 0 Å². The van der Waals surface area contributed by atoms with Crippen molar-refractivity contribution in [3.05, 3.63) is 0 Å². The van der Waals surface area contributed by atoms with E-state index in [2.05, 4.69) is 5.32 Å². The van der Waals surface area contributed by atoms with E-state index in [0.29, 0.717) is 0 Å². The van der Waals surface area contributed by atoms with Crippen molar-refractivity contribution in [3.8, 4) is 0 Å². The Balaban J connectivity index is 2.49. The molecule has 0 saturated carbocycles. The Bertz CT molecular complexity index is 101. The van der Waals surface area contributed by atoms with Gasteiger partial charge in [0, 0.05) is 5.54 Å². The van der Waals surface area contributed by atoms with E-state index in [9.17, 15) is 5.11 Å². The fourth-order valence-corrected chi connectivity index (χ4v) is 1.18. The summed E-state index contributed by atoms with van der Waals surface area (Å²) in [6.07, 6.45) is 1.89. The van der Waals surface area contributed by atoms with Crippen molar-refractivity contribution in [1.82, 2.24) is 5.32 Å². The van der Waals surface area contributed by atoms with Crippen molar-refractivity contribution in [3.63, 3.8) is 0 Å².